The van der Waals surface area contributed by atoms with Crippen LogP contribution in [0.15, 0.2) is 18.2 Å². The van der Waals surface area contributed by atoms with E-state index in [1.165, 1.54) is 38.2 Å². The Labute approximate surface area is 137 Å². The fraction of sp³-hybridized carbons (Fsp3) is 0.632. The Kier molecular flexibility index (Phi) is 4.60. The van der Waals surface area contributed by atoms with Crippen LogP contribution < -0.4 is 4.90 Å². The molecule has 23 heavy (non-hydrogen) atoms. The molecule has 3 nitrogen and oxygen atoms in total. The highest BCUT2D eigenvalue weighted by Crippen LogP contribution is 2.49. The van der Waals surface area contributed by atoms with Crippen molar-refractivity contribution >= 4 is 11.7 Å². The van der Waals surface area contributed by atoms with E-state index < -0.39 is 5.97 Å². The van der Waals surface area contributed by atoms with Crippen LogP contribution in [0.3, 0.4) is 0 Å². The number of carbonyl (C=O) groups is 1. The van der Waals surface area contributed by atoms with E-state index in [1.807, 2.05) is 6.07 Å². The number of anilines is 1. The van der Waals surface area contributed by atoms with Crippen LogP contribution in [0.4, 0.5) is 10.1 Å². The standard InChI is InChI=1S/C19H26FNO2/c1-14-13-19(9-3-2-4-10-19)21(11-5-6-18(22)23)17-8-7-15(20)12-16(14)17/h7-8,12,14H,2-6,9-11,13H2,1H3,(H,22,23). The van der Waals surface area contributed by atoms with E-state index in [-0.39, 0.29) is 17.8 Å². The minimum Gasteiger partial charge on any atom is -0.481 e. The van der Waals surface area contributed by atoms with E-state index >= 15 is 0 Å². The monoisotopic (exact) mass is 319 g/mol. The molecular weight excluding hydrogens is 293 g/mol. The van der Waals surface area contributed by atoms with Gasteiger partial charge in [-0.3, -0.25) is 4.79 Å². The third-order valence-electron chi connectivity index (χ3n) is 5.63. The summed E-state index contributed by atoms with van der Waals surface area (Å²) in [7, 11) is 0. The lowest BCUT2D eigenvalue weighted by Crippen LogP contribution is -2.54. The highest BCUT2D eigenvalue weighted by molar-refractivity contribution is 5.67. The van der Waals surface area contributed by atoms with Crippen molar-refractivity contribution < 1.29 is 14.3 Å². The summed E-state index contributed by atoms with van der Waals surface area (Å²) in [6.45, 7) is 2.95. The van der Waals surface area contributed by atoms with Crippen LogP contribution in [0.1, 0.15) is 69.8 Å². The van der Waals surface area contributed by atoms with Gasteiger partial charge in [-0.05, 0) is 55.4 Å². The highest BCUT2D eigenvalue weighted by atomic mass is 19.1. The molecule has 1 aliphatic carbocycles. The number of rotatable bonds is 4. The van der Waals surface area contributed by atoms with Crippen LogP contribution in [0.5, 0.6) is 0 Å². The van der Waals surface area contributed by atoms with Gasteiger partial charge in [-0.1, -0.05) is 26.2 Å². The van der Waals surface area contributed by atoms with Gasteiger partial charge < -0.3 is 10.0 Å². The number of hydrogen-bond acceptors (Lipinski definition) is 2. The molecule has 1 atom stereocenters. The number of benzene rings is 1. The van der Waals surface area contributed by atoms with Crippen molar-refractivity contribution in [1.29, 1.82) is 0 Å². The lowest BCUT2D eigenvalue weighted by molar-refractivity contribution is -0.137. The van der Waals surface area contributed by atoms with Crippen LogP contribution in [-0.2, 0) is 4.79 Å². The molecule has 1 spiro atoms. The Morgan fingerprint density at radius 1 is 1.35 bits per heavy atom. The molecule has 1 unspecified atom stereocenters. The van der Waals surface area contributed by atoms with Crippen LogP contribution in [0.2, 0.25) is 0 Å². The number of fused-ring (bicyclic) bond motifs is 1. The maximum absolute atomic E-state index is 13.7. The molecule has 1 heterocycles. The molecule has 1 N–H and O–H groups in total. The molecule has 3 rings (SSSR count). The SMILES string of the molecule is CC1CC2(CCCCC2)N(CCCC(=O)O)c2ccc(F)cc21. The van der Waals surface area contributed by atoms with Gasteiger partial charge in [-0.15, -0.1) is 0 Å². The normalized spacial score (nSPS) is 22.9. The Bertz CT molecular complexity index is 581. The van der Waals surface area contributed by atoms with Gasteiger partial charge in [0.1, 0.15) is 5.82 Å². The van der Waals surface area contributed by atoms with Crippen molar-refractivity contribution in [3.8, 4) is 0 Å². The zero-order valence-corrected chi connectivity index (χ0v) is 13.9. The van der Waals surface area contributed by atoms with E-state index in [9.17, 15) is 9.18 Å². The summed E-state index contributed by atoms with van der Waals surface area (Å²) in [5.74, 6) is -0.567. The first-order valence-electron chi connectivity index (χ1n) is 8.81. The van der Waals surface area contributed by atoms with Gasteiger partial charge in [0.25, 0.3) is 0 Å². The molecule has 1 aromatic carbocycles. The van der Waals surface area contributed by atoms with Crippen molar-refractivity contribution in [2.24, 2.45) is 0 Å². The van der Waals surface area contributed by atoms with Crippen molar-refractivity contribution in [1.82, 2.24) is 0 Å². The predicted octanol–water partition coefficient (Wildman–Crippen LogP) is 4.71. The number of halogens is 1. The molecule has 0 aromatic heterocycles. The lowest BCUT2D eigenvalue weighted by atomic mass is 9.70. The van der Waals surface area contributed by atoms with Crippen molar-refractivity contribution in [3.05, 3.63) is 29.6 Å². The molecule has 1 aliphatic heterocycles. The first-order valence-corrected chi connectivity index (χ1v) is 8.81. The summed E-state index contributed by atoms with van der Waals surface area (Å²) in [4.78, 5) is 13.3. The van der Waals surface area contributed by atoms with Crippen molar-refractivity contribution in [3.63, 3.8) is 0 Å². The van der Waals surface area contributed by atoms with Crippen LogP contribution in [0, 0.1) is 5.82 Å². The number of nitrogens with zero attached hydrogens (tertiary/aromatic N) is 1. The van der Waals surface area contributed by atoms with Crippen molar-refractivity contribution in [2.45, 2.75) is 69.7 Å². The van der Waals surface area contributed by atoms with E-state index in [0.717, 1.165) is 24.2 Å². The Hall–Kier alpha value is -1.58. The zero-order valence-electron chi connectivity index (χ0n) is 13.9. The molecule has 0 bridgehead atoms. The molecule has 1 aromatic rings. The number of hydrogen-bond donors (Lipinski definition) is 1. The number of aliphatic carboxylic acids is 1. The van der Waals surface area contributed by atoms with Crippen LogP contribution in [0.25, 0.3) is 0 Å². The summed E-state index contributed by atoms with van der Waals surface area (Å²) in [6.07, 6.45) is 7.98. The second-order valence-electron chi connectivity index (χ2n) is 7.24. The summed E-state index contributed by atoms with van der Waals surface area (Å²) in [5.41, 5.74) is 2.34. The minimum atomic E-state index is -0.743. The van der Waals surface area contributed by atoms with E-state index in [1.54, 1.807) is 6.07 Å². The second kappa shape index (κ2) is 6.50. The summed E-state index contributed by atoms with van der Waals surface area (Å²) >= 11 is 0. The van der Waals surface area contributed by atoms with Gasteiger partial charge in [0, 0.05) is 24.2 Å². The maximum atomic E-state index is 13.7. The minimum absolute atomic E-state index is 0.140. The van der Waals surface area contributed by atoms with Gasteiger partial charge in [-0.2, -0.15) is 0 Å². The third kappa shape index (κ3) is 3.22. The fourth-order valence-corrected chi connectivity index (χ4v) is 4.64. The Morgan fingerprint density at radius 2 is 2.09 bits per heavy atom. The van der Waals surface area contributed by atoms with E-state index in [2.05, 4.69) is 11.8 Å². The van der Waals surface area contributed by atoms with Gasteiger partial charge >= 0.3 is 5.97 Å². The lowest BCUT2D eigenvalue weighted by Gasteiger charge is -2.53. The summed E-state index contributed by atoms with van der Waals surface area (Å²) in [6, 6.07) is 5.11. The second-order valence-corrected chi connectivity index (χ2v) is 7.24. The molecule has 0 radical (unpaired) electrons. The Balaban J connectivity index is 1.93. The maximum Gasteiger partial charge on any atom is 0.303 e. The van der Waals surface area contributed by atoms with E-state index in [0.29, 0.717) is 12.3 Å². The average Bonchev–Trinajstić information content (AvgIpc) is 2.51. The van der Waals surface area contributed by atoms with Gasteiger partial charge in [0.05, 0.1) is 0 Å². The number of carboxylic acid groups (broad SMARTS) is 1. The molecular formula is C19H26FNO2. The first-order chi connectivity index (χ1) is 11.0. The molecule has 1 saturated carbocycles. The number of carboxylic acids is 1. The smallest absolute Gasteiger partial charge is 0.303 e. The molecule has 126 valence electrons. The quantitative estimate of drug-likeness (QED) is 0.874. The fourth-order valence-electron chi connectivity index (χ4n) is 4.64. The van der Waals surface area contributed by atoms with Gasteiger partial charge in [0.15, 0.2) is 0 Å². The predicted molar refractivity (Wildman–Crippen MR) is 89.5 cm³/mol. The third-order valence-corrected chi connectivity index (χ3v) is 5.63. The average molecular weight is 319 g/mol. The van der Waals surface area contributed by atoms with Crippen molar-refractivity contribution in [2.75, 3.05) is 11.4 Å². The van der Waals surface area contributed by atoms with Crippen LogP contribution in [-0.4, -0.2) is 23.2 Å². The Morgan fingerprint density at radius 3 is 2.78 bits per heavy atom. The molecule has 2 aliphatic rings. The zero-order chi connectivity index (χ0) is 16.4. The van der Waals surface area contributed by atoms with Crippen LogP contribution >= 0.6 is 0 Å². The molecule has 1 fully saturated rings. The summed E-state index contributed by atoms with van der Waals surface area (Å²) in [5, 5.41) is 8.95. The highest BCUT2D eigenvalue weighted by Gasteiger charge is 2.43. The van der Waals surface area contributed by atoms with E-state index in [4.69, 9.17) is 5.11 Å². The van der Waals surface area contributed by atoms with Gasteiger partial charge in [0.2, 0.25) is 0 Å². The first kappa shape index (κ1) is 16.3. The molecule has 0 saturated heterocycles. The molecule has 4 heteroatoms. The summed E-state index contributed by atoms with van der Waals surface area (Å²) < 4.78 is 13.7. The largest absolute Gasteiger partial charge is 0.481 e. The molecule has 0 amide bonds. The topological polar surface area (TPSA) is 40.5 Å². The van der Waals surface area contributed by atoms with Gasteiger partial charge in [-0.25, -0.2) is 4.39 Å².